The standard InChI is InChI=1S/C15H24N4O2/c20-15(17-13-4-8-21-9-5-13)11-19-7-1-2-12(10-19)14-3-6-16-18-14/h3,6,12-13H,1-2,4-5,7-11H2,(H,16,18)(H,17,20). The van der Waals surface area contributed by atoms with Crippen molar-refractivity contribution < 1.29 is 9.53 Å². The highest BCUT2D eigenvalue weighted by Gasteiger charge is 2.24. The first-order valence-electron chi connectivity index (χ1n) is 7.90. The monoisotopic (exact) mass is 292 g/mol. The topological polar surface area (TPSA) is 70.2 Å². The zero-order valence-electron chi connectivity index (χ0n) is 12.4. The van der Waals surface area contributed by atoms with E-state index in [1.165, 1.54) is 12.1 Å². The molecule has 2 N–H and O–H groups in total. The molecule has 116 valence electrons. The van der Waals surface area contributed by atoms with Gasteiger partial charge in [0.25, 0.3) is 0 Å². The second-order valence-corrected chi connectivity index (χ2v) is 6.04. The van der Waals surface area contributed by atoms with Crippen molar-refractivity contribution in [3.05, 3.63) is 18.0 Å². The van der Waals surface area contributed by atoms with E-state index in [0.29, 0.717) is 18.5 Å². The molecule has 0 saturated carbocycles. The highest BCUT2D eigenvalue weighted by molar-refractivity contribution is 5.78. The van der Waals surface area contributed by atoms with Gasteiger partial charge in [-0.1, -0.05) is 0 Å². The number of piperidine rings is 1. The van der Waals surface area contributed by atoms with Crippen molar-refractivity contribution in [1.82, 2.24) is 20.4 Å². The lowest BCUT2D eigenvalue weighted by atomic mass is 9.95. The molecule has 2 aliphatic rings. The Morgan fingerprint density at radius 1 is 1.43 bits per heavy atom. The Morgan fingerprint density at radius 2 is 2.29 bits per heavy atom. The molecular weight excluding hydrogens is 268 g/mol. The molecule has 1 atom stereocenters. The minimum absolute atomic E-state index is 0.146. The van der Waals surface area contributed by atoms with Gasteiger partial charge in [0.15, 0.2) is 0 Å². The number of hydrogen-bond acceptors (Lipinski definition) is 4. The summed E-state index contributed by atoms with van der Waals surface area (Å²) in [6, 6.07) is 2.33. The van der Waals surface area contributed by atoms with Gasteiger partial charge < -0.3 is 10.1 Å². The molecule has 1 unspecified atom stereocenters. The van der Waals surface area contributed by atoms with Gasteiger partial charge in [0, 0.05) is 43.6 Å². The molecule has 21 heavy (non-hydrogen) atoms. The summed E-state index contributed by atoms with van der Waals surface area (Å²) in [6.07, 6.45) is 5.96. The van der Waals surface area contributed by atoms with Crippen LogP contribution in [0.5, 0.6) is 0 Å². The van der Waals surface area contributed by atoms with Crippen LogP contribution in [0.3, 0.4) is 0 Å². The summed E-state index contributed by atoms with van der Waals surface area (Å²) in [5.74, 6) is 0.615. The predicted molar refractivity (Wildman–Crippen MR) is 79.0 cm³/mol. The molecule has 6 nitrogen and oxygen atoms in total. The van der Waals surface area contributed by atoms with E-state index in [-0.39, 0.29) is 5.91 Å². The quantitative estimate of drug-likeness (QED) is 0.864. The van der Waals surface area contributed by atoms with Crippen molar-refractivity contribution in [2.75, 3.05) is 32.8 Å². The first kappa shape index (κ1) is 14.5. The SMILES string of the molecule is O=C(CN1CCCC(c2ccn[nH]2)C1)NC1CCOCC1. The van der Waals surface area contributed by atoms with E-state index in [2.05, 4.69) is 20.4 Å². The van der Waals surface area contributed by atoms with E-state index in [1.54, 1.807) is 6.20 Å². The molecule has 0 radical (unpaired) electrons. The Bertz CT molecular complexity index is 443. The molecule has 2 aliphatic heterocycles. The molecule has 1 aromatic heterocycles. The maximum atomic E-state index is 12.2. The fourth-order valence-electron chi connectivity index (χ4n) is 3.27. The Morgan fingerprint density at radius 3 is 3.05 bits per heavy atom. The first-order valence-corrected chi connectivity index (χ1v) is 7.90. The van der Waals surface area contributed by atoms with E-state index in [4.69, 9.17) is 4.74 Å². The number of H-pyrrole nitrogens is 1. The molecule has 2 saturated heterocycles. The highest BCUT2D eigenvalue weighted by Crippen LogP contribution is 2.24. The zero-order valence-corrected chi connectivity index (χ0v) is 12.4. The van der Waals surface area contributed by atoms with Gasteiger partial charge in [-0.15, -0.1) is 0 Å². The Balaban J connectivity index is 1.46. The van der Waals surface area contributed by atoms with E-state index >= 15 is 0 Å². The van der Waals surface area contributed by atoms with Crippen molar-refractivity contribution in [2.24, 2.45) is 0 Å². The maximum Gasteiger partial charge on any atom is 0.234 e. The smallest absolute Gasteiger partial charge is 0.234 e. The number of ether oxygens (including phenoxy) is 1. The van der Waals surface area contributed by atoms with Crippen LogP contribution < -0.4 is 5.32 Å². The third kappa shape index (κ3) is 4.04. The number of carbonyl (C=O) groups is 1. The first-order chi connectivity index (χ1) is 10.3. The summed E-state index contributed by atoms with van der Waals surface area (Å²) < 4.78 is 5.32. The molecule has 0 spiro atoms. The zero-order chi connectivity index (χ0) is 14.5. The average molecular weight is 292 g/mol. The van der Waals surface area contributed by atoms with Crippen LogP contribution in [0.25, 0.3) is 0 Å². The highest BCUT2D eigenvalue weighted by atomic mass is 16.5. The van der Waals surface area contributed by atoms with Gasteiger partial charge in [0.1, 0.15) is 0 Å². The summed E-state index contributed by atoms with van der Waals surface area (Å²) in [4.78, 5) is 14.4. The Hall–Kier alpha value is -1.40. The average Bonchev–Trinajstić information content (AvgIpc) is 3.02. The van der Waals surface area contributed by atoms with E-state index in [9.17, 15) is 4.79 Å². The molecule has 3 heterocycles. The number of nitrogens with one attached hydrogen (secondary N) is 2. The largest absolute Gasteiger partial charge is 0.381 e. The number of likely N-dealkylation sites (tertiary alicyclic amines) is 1. The van der Waals surface area contributed by atoms with E-state index in [1.807, 2.05) is 6.07 Å². The fourth-order valence-corrected chi connectivity index (χ4v) is 3.27. The van der Waals surface area contributed by atoms with Gasteiger partial charge in [-0.2, -0.15) is 5.10 Å². The van der Waals surface area contributed by atoms with Crippen molar-refractivity contribution in [1.29, 1.82) is 0 Å². The predicted octanol–water partition coefficient (Wildman–Crippen LogP) is 0.884. The summed E-state index contributed by atoms with van der Waals surface area (Å²) in [5, 5.41) is 10.2. The molecule has 0 bridgehead atoms. The number of aromatic nitrogens is 2. The number of aromatic amines is 1. The second-order valence-electron chi connectivity index (χ2n) is 6.04. The van der Waals surface area contributed by atoms with Crippen molar-refractivity contribution in [3.63, 3.8) is 0 Å². The lowest BCUT2D eigenvalue weighted by Crippen LogP contribution is -2.46. The van der Waals surface area contributed by atoms with Crippen LogP contribution in [-0.4, -0.2) is 59.9 Å². The van der Waals surface area contributed by atoms with Gasteiger partial charge in [-0.3, -0.25) is 14.8 Å². The van der Waals surface area contributed by atoms with Crippen molar-refractivity contribution in [2.45, 2.75) is 37.6 Å². The summed E-state index contributed by atoms with van der Waals surface area (Å²) >= 11 is 0. The van der Waals surface area contributed by atoms with Crippen LogP contribution in [0, 0.1) is 0 Å². The van der Waals surface area contributed by atoms with Crippen LogP contribution in [-0.2, 0) is 9.53 Å². The number of carbonyl (C=O) groups excluding carboxylic acids is 1. The molecule has 1 amide bonds. The van der Waals surface area contributed by atoms with Crippen LogP contribution in [0.2, 0.25) is 0 Å². The molecule has 0 aliphatic carbocycles. The van der Waals surface area contributed by atoms with Crippen LogP contribution >= 0.6 is 0 Å². The van der Waals surface area contributed by atoms with Crippen molar-refractivity contribution >= 4 is 5.91 Å². The van der Waals surface area contributed by atoms with E-state index in [0.717, 1.165) is 45.6 Å². The number of amides is 1. The minimum Gasteiger partial charge on any atom is -0.381 e. The fraction of sp³-hybridized carbons (Fsp3) is 0.733. The summed E-state index contributed by atoms with van der Waals surface area (Å²) in [6.45, 7) is 3.96. The number of hydrogen-bond donors (Lipinski definition) is 2. The van der Waals surface area contributed by atoms with E-state index < -0.39 is 0 Å². The van der Waals surface area contributed by atoms with Crippen LogP contribution in [0.1, 0.15) is 37.3 Å². The van der Waals surface area contributed by atoms with Gasteiger partial charge in [-0.25, -0.2) is 0 Å². The number of nitrogens with zero attached hydrogens (tertiary/aromatic N) is 2. The molecule has 0 aromatic carbocycles. The summed E-state index contributed by atoms with van der Waals surface area (Å²) in [5.41, 5.74) is 1.18. The molecule has 6 heteroatoms. The Labute approximate surface area is 125 Å². The van der Waals surface area contributed by atoms with Gasteiger partial charge in [0.2, 0.25) is 5.91 Å². The second kappa shape index (κ2) is 7.04. The normalized spacial score (nSPS) is 24.9. The van der Waals surface area contributed by atoms with Gasteiger partial charge in [-0.05, 0) is 38.3 Å². The third-order valence-electron chi connectivity index (χ3n) is 4.42. The molecular formula is C15H24N4O2. The molecule has 2 fully saturated rings. The lowest BCUT2D eigenvalue weighted by molar-refractivity contribution is -0.123. The molecule has 3 rings (SSSR count). The maximum absolute atomic E-state index is 12.2. The molecule has 1 aromatic rings. The minimum atomic E-state index is 0.146. The van der Waals surface area contributed by atoms with Crippen molar-refractivity contribution in [3.8, 4) is 0 Å². The Kier molecular flexibility index (Phi) is 4.87. The van der Waals surface area contributed by atoms with Crippen LogP contribution in [0.4, 0.5) is 0 Å². The lowest BCUT2D eigenvalue weighted by Gasteiger charge is -2.32. The van der Waals surface area contributed by atoms with Crippen LogP contribution in [0.15, 0.2) is 12.3 Å². The third-order valence-corrected chi connectivity index (χ3v) is 4.42. The summed E-state index contributed by atoms with van der Waals surface area (Å²) in [7, 11) is 0. The number of rotatable bonds is 4. The van der Waals surface area contributed by atoms with Gasteiger partial charge in [0.05, 0.1) is 6.54 Å². The van der Waals surface area contributed by atoms with Gasteiger partial charge >= 0.3 is 0 Å².